The lowest BCUT2D eigenvalue weighted by Gasteiger charge is -2.25. The number of aliphatic carboxylic acids is 1. The first kappa shape index (κ1) is 16.2. The summed E-state index contributed by atoms with van der Waals surface area (Å²) >= 11 is 4.94. The number of nitrogens with one attached hydrogen (secondary N) is 1. The zero-order chi connectivity index (χ0) is 14.5. The Balaban J connectivity index is 2.51. The van der Waals surface area contributed by atoms with Crippen LogP contribution in [0.3, 0.4) is 0 Å². The van der Waals surface area contributed by atoms with E-state index >= 15 is 0 Å². The SMILES string of the molecule is CCCC(C)(NC(=O)CCc1cc(Br)cs1)C(=O)O. The van der Waals surface area contributed by atoms with Crippen molar-refractivity contribution in [3.63, 3.8) is 0 Å². The van der Waals surface area contributed by atoms with E-state index in [1.165, 1.54) is 0 Å². The molecule has 1 aromatic heterocycles. The molecule has 0 aliphatic heterocycles. The average Bonchev–Trinajstić information content (AvgIpc) is 2.72. The van der Waals surface area contributed by atoms with Gasteiger partial charge >= 0.3 is 5.97 Å². The predicted molar refractivity (Wildman–Crippen MR) is 79.4 cm³/mol. The van der Waals surface area contributed by atoms with Crippen molar-refractivity contribution in [2.75, 3.05) is 0 Å². The third-order valence-electron chi connectivity index (χ3n) is 2.86. The normalized spacial score (nSPS) is 13.8. The number of rotatable bonds is 7. The topological polar surface area (TPSA) is 66.4 Å². The van der Waals surface area contributed by atoms with E-state index in [2.05, 4.69) is 21.2 Å². The van der Waals surface area contributed by atoms with Crippen LogP contribution in [0.1, 0.15) is 38.0 Å². The maximum Gasteiger partial charge on any atom is 0.329 e. The van der Waals surface area contributed by atoms with Crippen molar-refractivity contribution in [3.8, 4) is 0 Å². The molecule has 6 heteroatoms. The Hall–Kier alpha value is -0.880. The van der Waals surface area contributed by atoms with E-state index in [-0.39, 0.29) is 5.91 Å². The fourth-order valence-electron chi connectivity index (χ4n) is 1.81. The van der Waals surface area contributed by atoms with Gasteiger partial charge in [0.2, 0.25) is 5.91 Å². The van der Waals surface area contributed by atoms with Gasteiger partial charge in [0.1, 0.15) is 5.54 Å². The Kier molecular flexibility index (Phi) is 6.00. The van der Waals surface area contributed by atoms with Crippen LogP contribution in [0.4, 0.5) is 0 Å². The van der Waals surface area contributed by atoms with E-state index in [0.717, 1.165) is 9.35 Å². The maximum atomic E-state index is 11.8. The fraction of sp³-hybridized carbons (Fsp3) is 0.538. The zero-order valence-electron chi connectivity index (χ0n) is 11.0. The molecule has 4 nitrogen and oxygen atoms in total. The van der Waals surface area contributed by atoms with Gasteiger partial charge in [-0.25, -0.2) is 4.79 Å². The third kappa shape index (κ3) is 4.95. The van der Waals surface area contributed by atoms with Gasteiger partial charge in [0.25, 0.3) is 0 Å². The zero-order valence-corrected chi connectivity index (χ0v) is 13.4. The van der Waals surface area contributed by atoms with Crippen LogP contribution in [0.25, 0.3) is 0 Å². The highest BCUT2D eigenvalue weighted by molar-refractivity contribution is 9.10. The van der Waals surface area contributed by atoms with Crippen LogP contribution in [0.2, 0.25) is 0 Å². The Morgan fingerprint density at radius 2 is 2.21 bits per heavy atom. The number of carbonyl (C=O) groups excluding carboxylic acids is 1. The van der Waals surface area contributed by atoms with Crippen LogP contribution in [0, 0.1) is 0 Å². The third-order valence-corrected chi connectivity index (χ3v) is 4.61. The highest BCUT2D eigenvalue weighted by Gasteiger charge is 2.33. The molecule has 0 radical (unpaired) electrons. The molecule has 0 saturated heterocycles. The van der Waals surface area contributed by atoms with Crippen molar-refractivity contribution in [2.24, 2.45) is 0 Å². The summed E-state index contributed by atoms with van der Waals surface area (Å²) in [5, 5.41) is 13.8. The molecule has 1 unspecified atom stereocenters. The number of carboxylic acid groups (broad SMARTS) is 1. The van der Waals surface area contributed by atoms with Crippen LogP contribution in [-0.4, -0.2) is 22.5 Å². The van der Waals surface area contributed by atoms with E-state index < -0.39 is 11.5 Å². The standard InChI is InChI=1S/C13H18BrNO3S/c1-3-6-13(2,12(17)18)15-11(16)5-4-10-7-9(14)8-19-10/h7-8H,3-6H2,1-2H3,(H,15,16)(H,17,18). The number of halogens is 1. The van der Waals surface area contributed by atoms with Crippen LogP contribution in [0.15, 0.2) is 15.9 Å². The fourth-order valence-corrected chi connectivity index (χ4v) is 3.27. The molecule has 1 aromatic rings. The Bertz CT molecular complexity index is 460. The van der Waals surface area contributed by atoms with Crippen molar-refractivity contribution in [1.29, 1.82) is 0 Å². The molecule has 0 aromatic carbocycles. The maximum absolute atomic E-state index is 11.8. The Morgan fingerprint density at radius 1 is 1.53 bits per heavy atom. The summed E-state index contributed by atoms with van der Waals surface area (Å²) in [6, 6.07) is 1.97. The molecule has 0 spiro atoms. The molecule has 0 aliphatic carbocycles. The van der Waals surface area contributed by atoms with Crippen molar-refractivity contribution in [1.82, 2.24) is 5.32 Å². The van der Waals surface area contributed by atoms with Gasteiger partial charge in [-0.15, -0.1) is 11.3 Å². The molecule has 1 rings (SSSR count). The first-order chi connectivity index (χ1) is 8.87. The number of thiophene rings is 1. The van der Waals surface area contributed by atoms with Crippen molar-refractivity contribution < 1.29 is 14.7 Å². The van der Waals surface area contributed by atoms with Crippen molar-refractivity contribution in [2.45, 2.75) is 45.1 Å². The minimum absolute atomic E-state index is 0.220. The molecule has 19 heavy (non-hydrogen) atoms. The van der Waals surface area contributed by atoms with Crippen LogP contribution < -0.4 is 5.32 Å². The van der Waals surface area contributed by atoms with Crippen LogP contribution in [-0.2, 0) is 16.0 Å². The monoisotopic (exact) mass is 347 g/mol. The van der Waals surface area contributed by atoms with Crippen LogP contribution >= 0.6 is 27.3 Å². The molecular formula is C13H18BrNO3S. The van der Waals surface area contributed by atoms with E-state index in [9.17, 15) is 14.7 Å². The summed E-state index contributed by atoms with van der Waals surface area (Å²) in [4.78, 5) is 24.1. The number of carboxylic acids is 1. The Labute approximate surface area is 125 Å². The first-order valence-corrected chi connectivity index (χ1v) is 7.82. The molecule has 106 valence electrons. The van der Waals surface area contributed by atoms with Gasteiger partial charge in [-0.05, 0) is 41.8 Å². The van der Waals surface area contributed by atoms with Crippen LogP contribution in [0.5, 0.6) is 0 Å². The summed E-state index contributed by atoms with van der Waals surface area (Å²) in [5.41, 5.74) is -1.16. The largest absolute Gasteiger partial charge is 0.480 e. The second-order valence-corrected chi connectivity index (χ2v) is 6.58. The lowest BCUT2D eigenvalue weighted by molar-refractivity contribution is -0.147. The van der Waals surface area contributed by atoms with Gasteiger partial charge in [0, 0.05) is 21.2 Å². The van der Waals surface area contributed by atoms with E-state index in [0.29, 0.717) is 25.7 Å². The summed E-state index contributed by atoms with van der Waals surface area (Å²) in [6.45, 7) is 3.45. The quantitative estimate of drug-likeness (QED) is 0.795. The number of amides is 1. The van der Waals surface area contributed by atoms with E-state index in [4.69, 9.17) is 0 Å². The first-order valence-electron chi connectivity index (χ1n) is 6.14. The van der Waals surface area contributed by atoms with E-state index in [1.54, 1.807) is 18.3 Å². The van der Waals surface area contributed by atoms with Gasteiger partial charge in [0.05, 0.1) is 0 Å². The van der Waals surface area contributed by atoms with Crippen molar-refractivity contribution in [3.05, 3.63) is 20.8 Å². The average molecular weight is 348 g/mol. The summed E-state index contributed by atoms with van der Waals surface area (Å²) in [7, 11) is 0. The predicted octanol–water partition coefficient (Wildman–Crippen LogP) is 3.20. The second-order valence-electron chi connectivity index (χ2n) is 4.67. The molecule has 1 amide bonds. The lowest BCUT2D eigenvalue weighted by Crippen LogP contribution is -2.52. The van der Waals surface area contributed by atoms with Gasteiger partial charge in [-0.3, -0.25) is 4.79 Å². The number of hydrogen-bond donors (Lipinski definition) is 2. The molecule has 0 fully saturated rings. The molecular weight excluding hydrogens is 330 g/mol. The summed E-state index contributed by atoms with van der Waals surface area (Å²) < 4.78 is 1.01. The lowest BCUT2D eigenvalue weighted by atomic mass is 9.96. The molecule has 2 N–H and O–H groups in total. The minimum Gasteiger partial charge on any atom is -0.480 e. The Morgan fingerprint density at radius 3 is 2.68 bits per heavy atom. The molecule has 1 heterocycles. The number of carbonyl (C=O) groups is 2. The van der Waals surface area contributed by atoms with Crippen molar-refractivity contribution >= 4 is 39.1 Å². The molecule has 0 saturated carbocycles. The number of hydrogen-bond acceptors (Lipinski definition) is 3. The molecule has 0 bridgehead atoms. The van der Waals surface area contributed by atoms with Gasteiger partial charge < -0.3 is 10.4 Å². The molecule has 0 aliphatic rings. The second kappa shape index (κ2) is 7.05. The highest BCUT2D eigenvalue weighted by Crippen LogP contribution is 2.21. The van der Waals surface area contributed by atoms with Gasteiger partial charge in [0.15, 0.2) is 0 Å². The van der Waals surface area contributed by atoms with Gasteiger partial charge in [-0.2, -0.15) is 0 Å². The highest BCUT2D eigenvalue weighted by atomic mass is 79.9. The van der Waals surface area contributed by atoms with E-state index in [1.807, 2.05) is 18.4 Å². The minimum atomic E-state index is -1.16. The van der Waals surface area contributed by atoms with Gasteiger partial charge in [-0.1, -0.05) is 13.3 Å². The number of aryl methyl sites for hydroxylation is 1. The summed E-state index contributed by atoms with van der Waals surface area (Å²) in [6.07, 6.45) is 2.07. The smallest absolute Gasteiger partial charge is 0.329 e. The molecule has 1 atom stereocenters. The summed E-state index contributed by atoms with van der Waals surface area (Å²) in [5.74, 6) is -1.20.